The average Bonchev–Trinajstić information content (AvgIpc) is 2.35. The molecule has 6 nitrogen and oxygen atoms in total. The van der Waals surface area contributed by atoms with Crippen molar-refractivity contribution in [2.45, 2.75) is 39.4 Å². The molecule has 116 valence electrons. The molecule has 0 amide bonds. The lowest BCUT2D eigenvalue weighted by atomic mass is 10.0. The molecule has 1 saturated heterocycles. The van der Waals surface area contributed by atoms with Gasteiger partial charge in [0.1, 0.15) is 11.7 Å². The number of morpholine rings is 1. The summed E-state index contributed by atoms with van der Waals surface area (Å²) in [6, 6.07) is 1.93. The number of rotatable bonds is 3. The van der Waals surface area contributed by atoms with Crippen LogP contribution in [-0.4, -0.2) is 47.3 Å². The highest BCUT2D eigenvalue weighted by Crippen LogP contribution is 2.29. The fourth-order valence-corrected chi connectivity index (χ4v) is 2.93. The maximum atomic E-state index is 9.44. The van der Waals surface area contributed by atoms with E-state index in [0.29, 0.717) is 24.5 Å². The van der Waals surface area contributed by atoms with E-state index in [1.54, 1.807) is 0 Å². The van der Waals surface area contributed by atoms with Crippen LogP contribution in [-0.2, 0) is 4.74 Å². The summed E-state index contributed by atoms with van der Waals surface area (Å²) in [5, 5.41) is 17.3. The number of amidine groups is 1. The van der Waals surface area contributed by atoms with Crippen LogP contribution in [0.15, 0.2) is 6.07 Å². The van der Waals surface area contributed by atoms with Crippen LogP contribution in [0.5, 0.6) is 0 Å². The molecule has 1 atom stereocenters. The Morgan fingerprint density at radius 3 is 2.81 bits per heavy atom. The van der Waals surface area contributed by atoms with E-state index in [1.807, 2.05) is 33.8 Å². The molecule has 0 bridgehead atoms. The molecule has 0 radical (unpaired) electrons. The van der Waals surface area contributed by atoms with Gasteiger partial charge in [0, 0.05) is 18.8 Å². The minimum absolute atomic E-state index is 0.0137. The van der Waals surface area contributed by atoms with E-state index in [-0.39, 0.29) is 24.1 Å². The molecule has 4 N–H and O–H groups in total. The topological polar surface area (TPSA) is 95.5 Å². The zero-order chi connectivity index (χ0) is 15.8. The zero-order valence-electron chi connectivity index (χ0n) is 13.1. The number of nitrogens with two attached hydrogens (primary N) is 1. The molecule has 1 aliphatic rings. The van der Waals surface area contributed by atoms with Crippen molar-refractivity contribution in [3.8, 4) is 0 Å². The SMILES string of the molecule is Cc1cc(C)c(C(=N)N)c(N2CC(CO)OC(C)(C)C2)n1. The highest BCUT2D eigenvalue weighted by atomic mass is 16.5. The van der Waals surface area contributed by atoms with E-state index in [4.69, 9.17) is 15.9 Å². The van der Waals surface area contributed by atoms with Gasteiger partial charge in [0.2, 0.25) is 0 Å². The fraction of sp³-hybridized carbons (Fsp3) is 0.600. The Morgan fingerprint density at radius 2 is 2.24 bits per heavy atom. The van der Waals surface area contributed by atoms with Gasteiger partial charge in [-0.1, -0.05) is 0 Å². The number of aromatic nitrogens is 1. The maximum Gasteiger partial charge on any atom is 0.140 e. The predicted octanol–water partition coefficient (Wildman–Crippen LogP) is 0.959. The van der Waals surface area contributed by atoms with Gasteiger partial charge in [0.25, 0.3) is 0 Å². The third-order valence-electron chi connectivity index (χ3n) is 3.58. The number of pyridine rings is 1. The van der Waals surface area contributed by atoms with Crippen molar-refractivity contribution in [2.75, 3.05) is 24.6 Å². The molecular weight excluding hydrogens is 268 g/mol. The number of nitrogens with zero attached hydrogens (tertiary/aromatic N) is 2. The first-order chi connectivity index (χ1) is 9.73. The second kappa shape index (κ2) is 5.61. The largest absolute Gasteiger partial charge is 0.394 e. The number of aliphatic hydroxyl groups excluding tert-OH is 1. The molecular formula is C15H24N4O2. The smallest absolute Gasteiger partial charge is 0.140 e. The first kappa shape index (κ1) is 15.7. The predicted molar refractivity (Wildman–Crippen MR) is 83.0 cm³/mol. The molecule has 1 aromatic rings. The normalized spacial score (nSPS) is 21.4. The van der Waals surface area contributed by atoms with Gasteiger partial charge in [-0.15, -0.1) is 0 Å². The van der Waals surface area contributed by atoms with Gasteiger partial charge in [-0.2, -0.15) is 0 Å². The highest BCUT2D eigenvalue weighted by molar-refractivity contribution is 6.01. The molecule has 1 unspecified atom stereocenters. The number of aryl methyl sites for hydroxylation is 2. The number of ether oxygens (including phenoxy) is 1. The molecule has 1 fully saturated rings. The first-order valence-electron chi connectivity index (χ1n) is 7.10. The van der Waals surface area contributed by atoms with Gasteiger partial charge < -0.3 is 20.5 Å². The second-order valence-corrected chi connectivity index (χ2v) is 6.26. The van der Waals surface area contributed by atoms with Gasteiger partial charge in [0.05, 0.1) is 23.9 Å². The van der Waals surface area contributed by atoms with Crippen LogP contribution < -0.4 is 10.6 Å². The monoisotopic (exact) mass is 292 g/mol. The third-order valence-corrected chi connectivity index (χ3v) is 3.58. The first-order valence-corrected chi connectivity index (χ1v) is 7.10. The van der Waals surface area contributed by atoms with Crippen molar-refractivity contribution < 1.29 is 9.84 Å². The Hall–Kier alpha value is -1.66. The third kappa shape index (κ3) is 3.33. The lowest BCUT2D eigenvalue weighted by Crippen LogP contribution is -2.54. The van der Waals surface area contributed by atoms with Crippen molar-refractivity contribution in [2.24, 2.45) is 5.73 Å². The number of nitrogen functional groups attached to an aromatic ring is 1. The van der Waals surface area contributed by atoms with Crippen LogP contribution >= 0.6 is 0 Å². The summed E-state index contributed by atoms with van der Waals surface area (Å²) in [7, 11) is 0. The van der Waals surface area contributed by atoms with E-state index in [9.17, 15) is 5.11 Å². The number of nitrogens with one attached hydrogen (secondary N) is 1. The van der Waals surface area contributed by atoms with Crippen molar-refractivity contribution in [3.05, 3.63) is 22.9 Å². The molecule has 2 heterocycles. The summed E-state index contributed by atoms with van der Waals surface area (Å²) in [5.74, 6) is 0.717. The standard InChI is InChI=1S/C15H24N4O2/c1-9-5-10(2)18-14(12(9)13(16)17)19-6-11(7-20)21-15(3,4)8-19/h5,11,20H,6-8H2,1-4H3,(H3,16,17). The van der Waals surface area contributed by atoms with Gasteiger partial charge >= 0.3 is 0 Å². The lowest BCUT2D eigenvalue weighted by Gasteiger charge is -2.43. The maximum absolute atomic E-state index is 9.44. The van der Waals surface area contributed by atoms with Crippen LogP contribution in [0.25, 0.3) is 0 Å². The number of anilines is 1. The Balaban J connectivity index is 2.47. The zero-order valence-corrected chi connectivity index (χ0v) is 13.1. The van der Waals surface area contributed by atoms with Gasteiger partial charge in [0.15, 0.2) is 0 Å². The van der Waals surface area contributed by atoms with Crippen LogP contribution in [0, 0.1) is 19.3 Å². The molecule has 0 aromatic carbocycles. The molecule has 1 aromatic heterocycles. The summed E-state index contributed by atoms with van der Waals surface area (Å²) < 4.78 is 5.83. The number of aliphatic hydroxyl groups is 1. The van der Waals surface area contributed by atoms with Crippen molar-refractivity contribution in [1.82, 2.24) is 4.98 Å². The fourth-order valence-electron chi connectivity index (χ4n) is 2.93. The summed E-state index contributed by atoms with van der Waals surface area (Å²) in [5.41, 5.74) is 7.84. The minimum Gasteiger partial charge on any atom is -0.394 e. The molecule has 21 heavy (non-hydrogen) atoms. The number of hydrogen-bond donors (Lipinski definition) is 3. The number of hydrogen-bond acceptors (Lipinski definition) is 5. The van der Waals surface area contributed by atoms with Crippen molar-refractivity contribution in [3.63, 3.8) is 0 Å². The van der Waals surface area contributed by atoms with Crippen LogP contribution in [0.2, 0.25) is 0 Å². The van der Waals surface area contributed by atoms with Gasteiger partial charge in [-0.25, -0.2) is 4.98 Å². The van der Waals surface area contributed by atoms with E-state index in [0.717, 1.165) is 11.3 Å². The Labute approximate surface area is 125 Å². The minimum atomic E-state index is -0.390. The van der Waals surface area contributed by atoms with Gasteiger partial charge in [-0.3, -0.25) is 5.41 Å². The Morgan fingerprint density at radius 1 is 1.57 bits per heavy atom. The van der Waals surface area contributed by atoms with Crippen LogP contribution in [0.4, 0.5) is 5.82 Å². The average molecular weight is 292 g/mol. The summed E-state index contributed by atoms with van der Waals surface area (Å²) in [4.78, 5) is 6.64. The Bertz CT molecular complexity index is 557. The molecule has 6 heteroatoms. The Kier molecular flexibility index (Phi) is 4.20. The molecule has 1 aliphatic heterocycles. The van der Waals surface area contributed by atoms with Crippen molar-refractivity contribution in [1.29, 1.82) is 5.41 Å². The van der Waals surface area contributed by atoms with Gasteiger partial charge in [-0.05, 0) is 39.3 Å². The van der Waals surface area contributed by atoms with E-state index < -0.39 is 0 Å². The van der Waals surface area contributed by atoms with E-state index in [2.05, 4.69) is 9.88 Å². The molecule has 0 spiro atoms. The van der Waals surface area contributed by atoms with Crippen LogP contribution in [0.1, 0.15) is 30.7 Å². The summed E-state index contributed by atoms with van der Waals surface area (Å²) in [6.07, 6.45) is -0.267. The van der Waals surface area contributed by atoms with Crippen LogP contribution in [0.3, 0.4) is 0 Å². The second-order valence-electron chi connectivity index (χ2n) is 6.26. The quantitative estimate of drug-likeness (QED) is 0.569. The van der Waals surface area contributed by atoms with E-state index in [1.165, 1.54) is 0 Å². The highest BCUT2D eigenvalue weighted by Gasteiger charge is 2.35. The summed E-state index contributed by atoms with van der Waals surface area (Å²) in [6.45, 7) is 8.96. The molecule has 0 aliphatic carbocycles. The summed E-state index contributed by atoms with van der Waals surface area (Å²) >= 11 is 0. The lowest BCUT2D eigenvalue weighted by molar-refractivity contribution is -0.101. The molecule has 0 saturated carbocycles. The van der Waals surface area contributed by atoms with E-state index >= 15 is 0 Å². The van der Waals surface area contributed by atoms with Crippen molar-refractivity contribution >= 4 is 11.7 Å². The molecule has 2 rings (SSSR count).